The first kappa shape index (κ1) is 27.4. The van der Waals surface area contributed by atoms with Crippen LogP contribution in [0.15, 0.2) is 48.5 Å². The zero-order valence-corrected chi connectivity index (χ0v) is 24.7. The molecule has 0 amide bonds. The summed E-state index contributed by atoms with van der Waals surface area (Å²) in [5.74, 6) is 1.36. The van der Waals surface area contributed by atoms with Gasteiger partial charge in [0.2, 0.25) is 0 Å². The van der Waals surface area contributed by atoms with E-state index in [1.165, 1.54) is 29.3 Å². The van der Waals surface area contributed by atoms with Crippen LogP contribution in [-0.4, -0.2) is 37.4 Å². The molecule has 4 saturated carbocycles. The van der Waals surface area contributed by atoms with E-state index < -0.39 is 5.97 Å². The Balaban J connectivity index is 1.42. The minimum atomic E-state index is -0.905. The molecule has 0 radical (unpaired) electrons. The van der Waals surface area contributed by atoms with Gasteiger partial charge in [-0.3, -0.25) is 0 Å². The van der Waals surface area contributed by atoms with E-state index in [9.17, 15) is 20.1 Å². The quantitative estimate of drug-likeness (QED) is 0.358. The Hall–Kier alpha value is -1.18. The Morgan fingerprint density at radius 3 is 2.32 bits per heavy atom. The monoisotopic (exact) mass is 619 g/mol. The number of rotatable bonds is 4. The van der Waals surface area contributed by atoms with Crippen LogP contribution in [0.5, 0.6) is 0 Å². The first-order valence-electron chi connectivity index (χ1n) is 14.3. The van der Waals surface area contributed by atoms with Gasteiger partial charge in [-0.2, -0.15) is 0 Å². The van der Waals surface area contributed by atoms with Gasteiger partial charge < -0.3 is 0 Å². The van der Waals surface area contributed by atoms with Gasteiger partial charge in [0.15, 0.2) is 0 Å². The molecule has 0 unspecified atom stereocenters. The molecule has 0 heterocycles. The molecule has 1 aromatic rings. The summed E-state index contributed by atoms with van der Waals surface area (Å²) < 4.78 is 2.03. The van der Waals surface area contributed by atoms with Gasteiger partial charge in [-0.05, 0) is 0 Å². The number of carbonyl (C=O) groups is 1. The summed E-state index contributed by atoms with van der Waals surface area (Å²) in [5.41, 5.74) is 0.804. The number of hydrogen-bond acceptors (Lipinski definition) is 3. The molecule has 0 saturated heterocycles. The Morgan fingerprint density at radius 1 is 0.892 bits per heavy atom. The summed E-state index contributed by atoms with van der Waals surface area (Å²) in [5, 5.41) is 31.8. The van der Waals surface area contributed by atoms with Crippen LogP contribution in [-0.2, 0) is 0 Å². The minimum absolute atomic E-state index is 0.199. The second-order valence-electron chi connectivity index (χ2n) is 12.7. The van der Waals surface area contributed by atoms with Crippen molar-refractivity contribution in [2.45, 2.75) is 88.3 Å². The average Bonchev–Trinajstić information content (AvgIpc) is 3.20. The van der Waals surface area contributed by atoms with E-state index in [0.717, 1.165) is 25.7 Å². The number of fused-ring (bicyclic) bond motifs is 5. The Bertz CT molecular complexity index is 1060. The van der Waals surface area contributed by atoms with Crippen molar-refractivity contribution in [1.82, 2.24) is 0 Å². The Labute approximate surface area is 232 Å². The van der Waals surface area contributed by atoms with Crippen LogP contribution < -0.4 is 21.2 Å². The van der Waals surface area contributed by atoms with Crippen LogP contribution in [0.4, 0.5) is 0 Å². The van der Waals surface area contributed by atoms with Gasteiger partial charge in [0.1, 0.15) is 0 Å². The molecule has 4 aliphatic rings. The van der Waals surface area contributed by atoms with E-state index in [0.29, 0.717) is 39.1 Å². The fraction of sp³-hybridized carbons (Fsp3) is 0.656. The molecular weight excluding hydrogens is 575 g/mol. The zero-order chi connectivity index (χ0) is 26.4. The standard InChI is InChI=1S/C32H44IO4/c1-4-23-26-19-22(34)15-17-31(26,2)25-16-18-32(3)24(28(25)29(23)35)13-14-27(32)33-21-11-7-5-6-9-20(30(36)37)10-8-12-21/h5-12,22-29,34-35H,4,13-19H2,1-3H3,(H,36,37)/q-1/t22-,23-,24+,25+,26+,27+,28+,29-,31-,32+/m1/s1. The van der Waals surface area contributed by atoms with Crippen molar-refractivity contribution in [3.63, 3.8) is 0 Å². The van der Waals surface area contributed by atoms with Gasteiger partial charge in [0.25, 0.3) is 0 Å². The van der Waals surface area contributed by atoms with Crippen LogP contribution in [0, 0.1) is 44.0 Å². The van der Waals surface area contributed by atoms with Gasteiger partial charge in [-0.15, -0.1) is 0 Å². The third kappa shape index (κ3) is 4.86. The maximum absolute atomic E-state index is 11.9. The third-order valence-corrected chi connectivity index (χ3v) is 15.3. The van der Waals surface area contributed by atoms with E-state index in [1.807, 2.05) is 18.2 Å². The fourth-order valence-corrected chi connectivity index (χ4v) is 13.0. The fourth-order valence-electron chi connectivity index (χ4n) is 9.17. The third-order valence-electron chi connectivity index (χ3n) is 11.1. The summed E-state index contributed by atoms with van der Waals surface area (Å²) in [6.07, 6.45) is 8.36. The molecule has 0 spiro atoms. The van der Waals surface area contributed by atoms with Crippen LogP contribution in [0.2, 0.25) is 0 Å². The second kappa shape index (κ2) is 10.8. The number of carboxylic acids is 1. The topological polar surface area (TPSA) is 77.8 Å². The molecule has 10 atom stereocenters. The predicted molar refractivity (Wildman–Crippen MR) is 142 cm³/mol. The molecule has 4 fully saturated rings. The first-order chi connectivity index (χ1) is 17.7. The van der Waals surface area contributed by atoms with Crippen LogP contribution in [0.1, 0.15) is 82.5 Å². The second-order valence-corrected chi connectivity index (χ2v) is 16.0. The summed E-state index contributed by atoms with van der Waals surface area (Å²) >= 11 is -0.260. The van der Waals surface area contributed by atoms with E-state index in [2.05, 4.69) is 32.9 Å². The van der Waals surface area contributed by atoms with Crippen molar-refractivity contribution in [2.75, 3.05) is 0 Å². The van der Waals surface area contributed by atoms with E-state index in [-0.39, 0.29) is 44.2 Å². The van der Waals surface area contributed by atoms with Gasteiger partial charge in [-0.1, -0.05) is 0 Å². The van der Waals surface area contributed by atoms with Crippen LogP contribution in [0.25, 0.3) is 0 Å². The summed E-state index contributed by atoms with van der Waals surface area (Å²) in [6, 6.07) is 15.3. The Kier molecular flexibility index (Phi) is 7.97. The SMILES string of the molecule is CC[C@H]1[C@@H](O)[C@@H]2[C@H](CC[C@]3(C)[C@@H]([I-]c4cccccc(C(=O)O)ccc4)CC[C@@H]23)[C@@]2(C)CC[C@@H](O)C[C@@H]12. The molecule has 4 nitrogen and oxygen atoms in total. The summed E-state index contributed by atoms with van der Waals surface area (Å²) in [7, 11) is 0. The van der Waals surface area contributed by atoms with Crippen LogP contribution >= 0.6 is 0 Å². The molecule has 0 aliphatic heterocycles. The van der Waals surface area contributed by atoms with E-state index >= 15 is 0 Å². The van der Waals surface area contributed by atoms with Crippen molar-refractivity contribution < 1.29 is 41.3 Å². The molecule has 0 bridgehead atoms. The van der Waals surface area contributed by atoms with Gasteiger partial charge in [0, 0.05) is 0 Å². The zero-order valence-electron chi connectivity index (χ0n) is 22.5. The number of aliphatic hydroxyl groups is 2. The number of aliphatic hydroxyl groups excluding tert-OH is 2. The summed E-state index contributed by atoms with van der Waals surface area (Å²) in [4.78, 5) is 11.5. The number of alkyl halides is 1. The van der Waals surface area contributed by atoms with Crippen molar-refractivity contribution in [1.29, 1.82) is 0 Å². The van der Waals surface area contributed by atoms with E-state index in [1.54, 1.807) is 18.2 Å². The maximum atomic E-state index is 11.9. The molecule has 5 heteroatoms. The summed E-state index contributed by atoms with van der Waals surface area (Å²) in [6.45, 7) is 7.28. The molecular formula is C32H44IO4-. The molecule has 37 heavy (non-hydrogen) atoms. The van der Waals surface area contributed by atoms with Gasteiger partial charge >= 0.3 is 234 Å². The molecule has 204 valence electrons. The average molecular weight is 620 g/mol. The number of carboxylic acid groups (broad SMARTS) is 1. The van der Waals surface area contributed by atoms with Crippen LogP contribution in [0.3, 0.4) is 0 Å². The Morgan fingerprint density at radius 2 is 1.57 bits per heavy atom. The molecule has 1 aromatic carbocycles. The first-order valence-corrected chi connectivity index (χ1v) is 16.7. The van der Waals surface area contributed by atoms with Gasteiger partial charge in [0.05, 0.1) is 0 Å². The van der Waals surface area contributed by atoms with Crippen molar-refractivity contribution in [2.24, 2.45) is 40.4 Å². The molecule has 4 aliphatic carbocycles. The predicted octanol–water partition coefficient (Wildman–Crippen LogP) is 3.15. The normalized spacial score (nSPS) is 42.7. The molecule has 0 aromatic heterocycles. The van der Waals surface area contributed by atoms with Crippen molar-refractivity contribution >= 4 is 5.97 Å². The van der Waals surface area contributed by atoms with Gasteiger partial charge in [-0.25, -0.2) is 0 Å². The molecule has 5 rings (SSSR count). The van der Waals surface area contributed by atoms with E-state index in [4.69, 9.17) is 0 Å². The molecule has 3 N–H and O–H groups in total. The van der Waals surface area contributed by atoms with Crippen molar-refractivity contribution in [3.8, 4) is 0 Å². The van der Waals surface area contributed by atoms with Crippen molar-refractivity contribution in [3.05, 3.63) is 57.7 Å². The number of aromatic carboxylic acids is 1. The number of hydrogen-bond donors (Lipinski definition) is 3. The number of halogens is 1.